The summed E-state index contributed by atoms with van der Waals surface area (Å²) in [5.41, 5.74) is 7.37. The van der Waals surface area contributed by atoms with Gasteiger partial charge in [0.25, 0.3) is 0 Å². The summed E-state index contributed by atoms with van der Waals surface area (Å²) in [6, 6.07) is 17.5. The topological polar surface area (TPSA) is 105 Å². The van der Waals surface area contributed by atoms with E-state index in [1.54, 1.807) is 20.8 Å². The van der Waals surface area contributed by atoms with Crippen LogP contribution in [-0.4, -0.2) is 46.2 Å². The second-order valence-corrected chi connectivity index (χ2v) is 8.28. The summed E-state index contributed by atoms with van der Waals surface area (Å²) in [4.78, 5) is 12.3. The molecule has 0 aliphatic carbocycles. The van der Waals surface area contributed by atoms with Crippen LogP contribution in [0.4, 0.5) is 4.79 Å². The molecule has 6 nitrogen and oxygen atoms in total. The smallest absolute Gasteiger partial charge is 0.407 e. The molecule has 0 spiro atoms. The average Bonchev–Trinajstić information content (AvgIpc) is 2.66. The highest BCUT2D eigenvalue weighted by molar-refractivity contribution is 5.68. The van der Waals surface area contributed by atoms with E-state index in [0.29, 0.717) is 12.8 Å². The first-order valence-corrected chi connectivity index (χ1v) is 9.85. The highest BCUT2D eigenvalue weighted by atomic mass is 16.6. The number of carbonyl (C=O) groups excluding carboxylic acids is 1. The highest BCUT2D eigenvalue weighted by Crippen LogP contribution is 2.15. The fraction of sp³-hybridized carbons (Fsp3) is 0.435. The van der Waals surface area contributed by atoms with Crippen molar-refractivity contribution >= 4 is 6.09 Å². The van der Waals surface area contributed by atoms with Crippen molar-refractivity contribution in [3.63, 3.8) is 0 Å². The van der Waals surface area contributed by atoms with Crippen molar-refractivity contribution in [2.75, 3.05) is 0 Å². The maximum Gasteiger partial charge on any atom is 0.407 e. The van der Waals surface area contributed by atoms with Crippen LogP contribution in [0.15, 0.2) is 60.7 Å². The monoisotopic (exact) mass is 400 g/mol. The maximum absolute atomic E-state index is 12.3. The summed E-state index contributed by atoms with van der Waals surface area (Å²) in [5.74, 6) is 0. The van der Waals surface area contributed by atoms with E-state index in [9.17, 15) is 15.0 Å². The SMILES string of the molecule is CC(C)(C)OC(=O)N[C@@H](Cc1ccccc1)[C@H](O)[C@@H](O)[C@@H](N)Cc1ccccc1. The Hall–Kier alpha value is -2.41. The van der Waals surface area contributed by atoms with Gasteiger partial charge in [-0.1, -0.05) is 60.7 Å². The fourth-order valence-corrected chi connectivity index (χ4v) is 3.08. The van der Waals surface area contributed by atoms with E-state index in [2.05, 4.69) is 5.32 Å². The molecule has 6 heteroatoms. The Morgan fingerprint density at radius 2 is 1.41 bits per heavy atom. The van der Waals surface area contributed by atoms with Crippen LogP contribution in [0, 0.1) is 0 Å². The number of hydrogen-bond acceptors (Lipinski definition) is 5. The third-order valence-electron chi connectivity index (χ3n) is 4.52. The van der Waals surface area contributed by atoms with Crippen molar-refractivity contribution in [1.29, 1.82) is 0 Å². The lowest BCUT2D eigenvalue weighted by atomic mass is 9.92. The molecule has 0 fully saturated rings. The molecule has 158 valence electrons. The summed E-state index contributed by atoms with van der Waals surface area (Å²) in [6.07, 6.45) is -2.40. The Kier molecular flexibility index (Phi) is 8.20. The molecule has 29 heavy (non-hydrogen) atoms. The van der Waals surface area contributed by atoms with Gasteiger partial charge in [-0.3, -0.25) is 0 Å². The number of hydrogen-bond donors (Lipinski definition) is 4. The first-order chi connectivity index (χ1) is 13.7. The van der Waals surface area contributed by atoms with Crippen LogP contribution in [0.5, 0.6) is 0 Å². The van der Waals surface area contributed by atoms with E-state index in [4.69, 9.17) is 10.5 Å². The predicted molar refractivity (Wildman–Crippen MR) is 113 cm³/mol. The number of ether oxygens (including phenoxy) is 1. The number of benzene rings is 2. The van der Waals surface area contributed by atoms with Crippen molar-refractivity contribution < 1.29 is 19.7 Å². The van der Waals surface area contributed by atoms with Gasteiger partial charge >= 0.3 is 6.09 Å². The standard InChI is InChI=1S/C23H32N2O4/c1-23(2,3)29-22(28)25-19(15-17-12-8-5-9-13-17)21(27)20(26)18(24)14-16-10-6-4-7-11-16/h4-13,18-21,26-27H,14-15,24H2,1-3H3,(H,25,28)/t18-,19-,20-,21-/m0/s1. The van der Waals surface area contributed by atoms with E-state index in [1.807, 2.05) is 60.7 Å². The normalized spacial score (nSPS) is 15.8. The van der Waals surface area contributed by atoms with E-state index < -0.39 is 36.0 Å². The summed E-state index contributed by atoms with van der Waals surface area (Å²) < 4.78 is 5.32. The van der Waals surface area contributed by atoms with Crippen LogP contribution >= 0.6 is 0 Å². The van der Waals surface area contributed by atoms with Crippen LogP contribution in [0.3, 0.4) is 0 Å². The molecule has 2 rings (SSSR count). The zero-order chi connectivity index (χ0) is 21.4. The number of amides is 1. The van der Waals surface area contributed by atoms with Crippen molar-refractivity contribution in [3.8, 4) is 0 Å². The van der Waals surface area contributed by atoms with Crippen LogP contribution in [0.2, 0.25) is 0 Å². The third kappa shape index (κ3) is 7.85. The fourth-order valence-electron chi connectivity index (χ4n) is 3.08. The maximum atomic E-state index is 12.3. The van der Waals surface area contributed by atoms with E-state index in [0.717, 1.165) is 11.1 Å². The molecule has 0 saturated heterocycles. The number of nitrogens with two attached hydrogens (primary N) is 1. The lowest BCUT2D eigenvalue weighted by Crippen LogP contribution is -2.55. The molecule has 0 bridgehead atoms. The lowest BCUT2D eigenvalue weighted by Gasteiger charge is -2.31. The summed E-state index contributed by atoms with van der Waals surface area (Å²) in [5, 5.41) is 24.2. The van der Waals surface area contributed by atoms with Gasteiger partial charge < -0.3 is 26.0 Å². The third-order valence-corrected chi connectivity index (χ3v) is 4.52. The molecule has 2 aromatic rings. The second-order valence-electron chi connectivity index (χ2n) is 8.28. The molecule has 0 heterocycles. The van der Waals surface area contributed by atoms with Gasteiger partial charge in [0, 0.05) is 6.04 Å². The Bertz CT molecular complexity index is 746. The molecule has 0 aliphatic heterocycles. The zero-order valence-corrected chi connectivity index (χ0v) is 17.3. The van der Waals surface area contributed by atoms with Crippen molar-refractivity contribution in [2.45, 2.75) is 63.5 Å². The molecule has 0 unspecified atom stereocenters. The quantitative estimate of drug-likeness (QED) is 0.545. The minimum Gasteiger partial charge on any atom is -0.444 e. The van der Waals surface area contributed by atoms with Gasteiger partial charge in [-0.2, -0.15) is 0 Å². The molecule has 5 N–H and O–H groups in total. The van der Waals surface area contributed by atoms with Crippen molar-refractivity contribution in [2.24, 2.45) is 5.73 Å². The molecule has 0 radical (unpaired) electrons. The first kappa shape index (κ1) is 22.9. The zero-order valence-electron chi connectivity index (χ0n) is 17.3. The predicted octanol–water partition coefficient (Wildman–Crippen LogP) is 2.41. The number of alkyl carbamates (subject to hydrolysis) is 1. The molecule has 4 atom stereocenters. The van der Waals surface area contributed by atoms with Crippen molar-refractivity contribution in [3.05, 3.63) is 71.8 Å². The van der Waals surface area contributed by atoms with E-state index >= 15 is 0 Å². The van der Waals surface area contributed by atoms with Crippen LogP contribution < -0.4 is 11.1 Å². The molecule has 0 aromatic heterocycles. The summed E-state index contributed by atoms with van der Waals surface area (Å²) >= 11 is 0. The van der Waals surface area contributed by atoms with Gasteiger partial charge in [0.1, 0.15) is 11.7 Å². The molecule has 0 saturated carbocycles. The van der Waals surface area contributed by atoms with Crippen LogP contribution in [-0.2, 0) is 17.6 Å². The van der Waals surface area contributed by atoms with Gasteiger partial charge in [0.15, 0.2) is 0 Å². The average molecular weight is 401 g/mol. The molecule has 0 aliphatic rings. The van der Waals surface area contributed by atoms with E-state index in [-0.39, 0.29) is 0 Å². The largest absolute Gasteiger partial charge is 0.444 e. The Labute approximate surface area is 172 Å². The first-order valence-electron chi connectivity index (χ1n) is 9.85. The van der Waals surface area contributed by atoms with Gasteiger partial charge in [0.05, 0.1) is 12.1 Å². The molecular formula is C23H32N2O4. The lowest BCUT2D eigenvalue weighted by molar-refractivity contribution is -0.0205. The van der Waals surface area contributed by atoms with Crippen molar-refractivity contribution in [1.82, 2.24) is 5.32 Å². The summed E-state index contributed by atoms with van der Waals surface area (Å²) in [6.45, 7) is 5.29. The van der Waals surface area contributed by atoms with Crippen LogP contribution in [0.25, 0.3) is 0 Å². The molecular weight excluding hydrogens is 368 g/mol. The minimum absolute atomic E-state index is 0.330. The molecule has 1 amide bonds. The number of nitrogens with one attached hydrogen (secondary N) is 1. The highest BCUT2D eigenvalue weighted by Gasteiger charge is 2.32. The summed E-state index contributed by atoms with van der Waals surface area (Å²) in [7, 11) is 0. The van der Waals surface area contributed by atoms with Crippen LogP contribution in [0.1, 0.15) is 31.9 Å². The second kappa shape index (κ2) is 10.4. The Morgan fingerprint density at radius 3 is 1.90 bits per heavy atom. The molecule has 2 aromatic carbocycles. The van der Waals surface area contributed by atoms with Gasteiger partial charge in [0.2, 0.25) is 0 Å². The number of rotatable bonds is 8. The van der Waals surface area contributed by atoms with Gasteiger partial charge in [-0.05, 0) is 44.7 Å². The number of carbonyl (C=O) groups is 1. The Balaban J connectivity index is 2.11. The number of aliphatic hydroxyl groups is 2. The van der Waals surface area contributed by atoms with E-state index in [1.165, 1.54) is 0 Å². The Morgan fingerprint density at radius 1 is 0.931 bits per heavy atom. The minimum atomic E-state index is -1.26. The van der Waals surface area contributed by atoms with Gasteiger partial charge in [-0.25, -0.2) is 4.79 Å². The number of aliphatic hydroxyl groups excluding tert-OH is 2. The van der Waals surface area contributed by atoms with Gasteiger partial charge in [-0.15, -0.1) is 0 Å².